The third-order valence-corrected chi connectivity index (χ3v) is 6.69. The molecule has 1 fully saturated rings. The number of thioether (sulfide) groups is 1. The third kappa shape index (κ3) is 6.07. The van der Waals surface area contributed by atoms with E-state index in [1.54, 1.807) is 0 Å². The average molecular weight is 495 g/mol. The molecule has 3 aromatic carbocycles. The predicted molar refractivity (Wildman–Crippen MR) is 140 cm³/mol. The molecular formula is C27H27ClN2O3S. The Morgan fingerprint density at radius 2 is 1.82 bits per heavy atom. The number of aryl methyl sites for hydroxylation is 1. The number of carbonyl (C=O) groups is 1. The van der Waals surface area contributed by atoms with E-state index < -0.39 is 0 Å². The van der Waals surface area contributed by atoms with Gasteiger partial charge in [-0.2, -0.15) is 0 Å². The number of ether oxygens (including phenoxy) is 2. The molecule has 0 aromatic heterocycles. The van der Waals surface area contributed by atoms with Crippen molar-refractivity contribution in [2.45, 2.75) is 32.4 Å². The van der Waals surface area contributed by atoms with Crippen LogP contribution in [0.1, 0.15) is 30.5 Å². The first-order valence-corrected chi connectivity index (χ1v) is 12.5. The lowest BCUT2D eigenvalue weighted by atomic mass is 10.1. The second-order valence-corrected chi connectivity index (χ2v) is 9.25. The molecule has 1 saturated heterocycles. The standard InChI is InChI=1S/C27H27ClN2O3S/c1-3-18-9-12-21(13-10-18)29-27-30-26(31)25(34-27)16-19-11-14-23(24(15-19)32-4-2)33-17-20-7-5-6-8-22(20)28/h5-16,27,29H,3-4,17H2,1-2H3,(H,30,31)/b25-16-/t27-/m1/s1. The van der Waals surface area contributed by atoms with Gasteiger partial charge in [0, 0.05) is 16.3 Å². The maximum Gasteiger partial charge on any atom is 0.260 e. The Morgan fingerprint density at radius 3 is 2.56 bits per heavy atom. The number of benzene rings is 3. The van der Waals surface area contributed by atoms with E-state index in [9.17, 15) is 4.79 Å². The van der Waals surface area contributed by atoms with Crippen LogP contribution in [0.25, 0.3) is 6.08 Å². The van der Waals surface area contributed by atoms with E-state index in [1.165, 1.54) is 17.3 Å². The molecule has 0 unspecified atom stereocenters. The zero-order chi connectivity index (χ0) is 23.9. The van der Waals surface area contributed by atoms with Gasteiger partial charge in [-0.15, -0.1) is 0 Å². The summed E-state index contributed by atoms with van der Waals surface area (Å²) in [6, 6.07) is 21.5. The molecule has 5 nitrogen and oxygen atoms in total. The first-order valence-electron chi connectivity index (χ1n) is 11.2. The van der Waals surface area contributed by atoms with Crippen LogP contribution >= 0.6 is 23.4 Å². The van der Waals surface area contributed by atoms with E-state index >= 15 is 0 Å². The highest BCUT2D eigenvalue weighted by molar-refractivity contribution is 8.05. The van der Waals surface area contributed by atoms with Crippen LogP contribution in [-0.2, 0) is 17.8 Å². The van der Waals surface area contributed by atoms with Crippen molar-refractivity contribution in [1.29, 1.82) is 0 Å². The maximum atomic E-state index is 12.5. The molecule has 1 amide bonds. The van der Waals surface area contributed by atoms with E-state index in [4.69, 9.17) is 21.1 Å². The van der Waals surface area contributed by atoms with E-state index in [-0.39, 0.29) is 11.4 Å². The van der Waals surface area contributed by atoms with E-state index in [2.05, 4.69) is 29.7 Å². The topological polar surface area (TPSA) is 59.6 Å². The smallest absolute Gasteiger partial charge is 0.260 e. The molecule has 0 aliphatic carbocycles. The molecule has 7 heteroatoms. The van der Waals surface area contributed by atoms with E-state index in [1.807, 2.05) is 67.6 Å². The first kappa shape index (κ1) is 24.0. The van der Waals surface area contributed by atoms with Crippen molar-refractivity contribution >= 4 is 41.0 Å². The molecule has 0 bridgehead atoms. The lowest BCUT2D eigenvalue weighted by Crippen LogP contribution is -2.30. The fraction of sp³-hybridized carbons (Fsp3) is 0.222. The molecule has 0 radical (unpaired) electrons. The number of anilines is 1. The quantitative estimate of drug-likeness (QED) is 0.333. The van der Waals surface area contributed by atoms with Gasteiger partial charge < -0.3 is 20.1 Å². The summed E-state index contributed by atoms with van der Waals surface area (Å²) in [5.74, 6) is 1.14. The fourth-order valence-corrected chi connectivity index (χ4v) is 4.65. The van der Waals surface area contributed by atoms with Crippen molar-refractivity contribution in [3.05, 3.63) is 93.3 Å². The molecule has 1 atom stereocenters. The molecule has 176 valence electrons. The highest BCUT2D eigenvalue weighted by Crippen LogP contribution is 2.34. The van der Waals surface area contributed by atoms with Gasteiger partial charge in [0.15, 0.2) is 17.0 Å². The average Bonchev–Trinajstić information content (AvgIpc) is 3.18. The molecule has 0 saturated carbocycles. The Kier molecular flexibility index (Phi) is 8.03. The molecule has 2 N–H and O–H groups in total. The summed E-state index contributed by atoms with van der Waals surface area (Å²) < 4.78 is 11.8. The number of hydrogen-bond acceptors (Lipinski definition) is 5. The Hall–Kier alpha value is -3.09. The maximum absolute atomic E-state index is 12.5. The van der Waals surface area contributed by atoms with Crippen LogP contribution in [-0.4, -0.2) is 18.0 Å². The van der Waals surface area contributed by atoms with Gasteiger partial charge >= 0.3 is 0 Å². The van der Waals surface area contributed by atoms with Crippen molar-refractivity contribution in [3.63, 3.8) is 0 Å². The van der Waals surface area contributed by atoms with Crippen molar-refractivity contribution in [2.24, 2.45) is 0 Å². The highest BCUT2D eigenvalue weighted by atomic mass is 35.5. The Labute approximate surface area is 209 Å². The second-order valence-electron chi connectivity index (χ2n) is 7.69. The fourth-order valence-electron chi connectivity index (χ4n) is 3.48. The second kappa shape index (κ2) is 11.4. The normalized spacial score (nSPS) is 16.4. The monoisotopic (exact) mass is 494 g/mol. The summed E-state index contributed by atoms with van der Waals surface area (Å²) in [7, 11) is 0. The number of nitrogens with one attached hydrogen (secondary N) is 2. The summed E-state index contributed by atoms with van der Waals surface area (Å²) >= 11 is 7.69. The summed E-state index contributed by atoms with van der Waals surface area (Å²) in [6.07, 6.45) is 2.86. The summed E-state index contributed by atoms with van der Waals surface area (Å²) in [5.41, 5.74) is 3.78. The summed E-state index contributed by atoms with van der Waals surface area (Å²) in [6.45, 7) is 4.89. The lowest BCUT2D eigenvalue weighted by Gasteiger charge is -2.13. The van der Waals surface area contributed by atoms with Gasteiger partial charge in [0.05, 0.1) is 11.5 Å². The van der Waals surface area contributed by atoms with Gasteiger partial charge in [0.25, 0.3) is 5.91 Å². The largest absolute Gasteiger partial charge is 0.490 e. The number of rotatable bonds is 9. The van der Waals surface area contributed by atoms with Crippen molar-refractivity contribution in [2.75, 3.05) is 11.9 Å². The molecule has 3 aromatic rings. The van der Waals surface area contributed by atoms with E-state index in [0.717, 1.165) is 23.2 Å². The molecule has 1 aliphatic rings. The van der Waals surface area contributed by atoms with Gasteiger partial charge in [-0.25, -0.2) is 0 Å². The number of hydrogen-bond donors (Lipinski definition) is 2. The minimum atomic E-state index is -0.226. The molecule has 1 aliphatic heterocycles. The van der Waals surface area contributed by atoms with Crippen LogP contribution in [0.4, 0.5) is 5.69 Å². The van der Waals surface area contributed by atoms with Crippen LogP contribution in [0.15, 0.2) is 71.6 Å². The SMILES string of the molecule is CCOc1cc(/C=C2\S[C@H](Nc3ccc(CC)cc3)NC2=O)ccc1OCc1ccccc1Cl. The number of amides is 1. The zero-order valence-electron chi connectivity index (χ0n) is 19.1. The van der Waals surface area contributed by atoms with Gasteiger partial charge in [0.1, 0.15) is 6.61 Å². The highest BCUT2D eigenvalue weighted by Gasteiger charge is 2.27. The summed E-state index contributed by atoms with van der Waals surface area (Å²) in [5, 5.41) is 6.99. The Balaban J connectivity index is 1.45. The number of halogens is 1. The van der Waals surface area contributed by atoms with Crippen molar-refractivity contribution in [3.8, 4) is 11.5 Å². The first-order chi connectivity index (χ1) is 16.6. The van der Waals surface area contributed by atoms with Crippen LogP contribution in [0.5, 0.6) is 11.5 Å². The Bertz CT molecular complexity index is 1180. The van der Waals surface area contributed by atoms with Crippen LogP contribution in [0.3, 0.4) is 0 Å². The predicted octanol–water partition coefficient (Wildman–Crippen LogP) is 6.48. The Morgan fingerprint density at radius 1 is 1.03 bits per heavy atom. The van der Waals surface area contributed by atoms with Crippen molar-refractivity contribution < 1.29 is 14.3 Å². The van der Waals surface area contributed by atoms with Crippen LogP contribution < -0.4 is 20.1 Å². The third-order valence-electron chi connectivity index (χ3n) is 5.30. The van der Waals surface area contributed by atoms with Crippen LogP contribution in [0.2, 0.25) is 5.02 Å². The van der Waals surface area contributed by atoms with Crippen molar-refractivity contribution in [1.82, 2.24) is 5.32 Å². The van der Waals surface area contributed by atoms with Gasteiger partial charge in [-0.1, -0.05) is 66.7 Å². The van der Waals surface area contributed by atoms with Gasteiger partial charge in [0.2, 0.25) is 0 Å². The minimum absolute atomic E-state index is 0.107. The zero-order valence-corrected chi connectivity index (χ0v) is 20.7. The molecule has 4 rings (SSSR count). The molecular weight excluding hydrogens is 468 g/mol. The van der Waals surface area contributed by atoms with Gasteiger partial charge in [-0.05, 0) is 60.9 Å². The van der Waals surface area contributed by atoms with E-state index in [0.29, 0.717) is 34.6 Å². The molecule has 1 heterocycles. The lowest BCUT2D eigenvalue weighted by molar-refractivity contribution is -0.116. The molecule has 0 spiro atoms. The molecule has 34 heavy (non-hydrogen) atoms. The van der Waals surface area contributed by atoms with Crippen LogP contribution in [0, 0.1) is 0 Å². The minimum Gasteiger partial charge on any atom is -0.490 e. The summed E-state index contributed by atoms with van der Waals surface area (Å²) in [4.78, 5) is 13.2. The van der Waals surface area contributed by atoms with Gasteiger partial charge in [-0.3, -0.25) is 4.79 Å². The number of carbonyl (C=O) groups excluding carboxylic acids is 1.